The Labute approximate surface area is 119 Å². The number of nitrogen functional groups attached to an aromatic ring is 1. The third-order valence-electron chi connectivity index (χ3n) is 3.47. The molecule has 0 radical (unpaired) electrons. The van der Waals surface area contributed by atoms with Gasteiger partial charge in [-0.3, -0.25) is 0 Å². The Morgan fingerprint density at radius 3 is 2.45 bits per heavy atom. The molecule has 1 aromatic carbocycles. The molecular formula is C12H18N2O4S2. The van der Waals surface area contributed by atoms with E-state index in [4.69, 9.17) is 5.73 Å². The summed E-state index contributed by atoms with van der Waals surface area (Å²) in [7, 11) is -5.44. The molecule has 1 heterocycles. The van der Waals surface area contributed by atoms with Crippen LogP contribution >= 0.6 is 0 Å². The van der Waals surface area contributed by atoms with E-state index in [0.29, 0.717) is 12.1 Å². The lowest BCUT2D eigenvalue weighted by molar-refractivity contribution is 0.394. The second-order valence-corrected chi connectivity index (χ2v) is 9.38. The first-order valence-electron chi connectivity index (χ1n) is 6.17. The van der Waals surface area contributed by atoms with Crippen LogP contribution in [0.15, 0.2) is 23.1 Å². The van der Waals surface area contributed by atoms with Gasteiger partial charge in [-0.25, -0.2) is 16.8 Å². The Morgan fingerprint density at radius 1 is 1.30 bits per heavy atom. The lowest BCUT2D eigenvalue weighted by atomic mass is 10.2. The highest BCUT2D eigenvalue weighted by atomic mass is 32.2. The fraction of sp³-hybridized carbons (Fsp3) is 0.500. The monoisotopic (exact) mass is 318 g/mol. The number of benzene rings is 1. The highest BCUT2D eigenvalue weighted by Crippen LogP contribution is 2.25. The highest BCUT2D eigenvalue weighted by Gasteiger charge is 2.36. The molecule has 1 aromatic rings. The molecule has 8 heteroatoms. The summed E-state index contributed by atoms with van der Waals surface area (Å²) in [6.45, 7) is 1.76. The molecule has 0 saturated carbocycles. The first-order valence-corrected chi connectivity index (χ1v) is 9.43. The van der Waals surface area contributed by atoms with Crippen molar-refractivity contribution in [3.63, 3.8) is 0 Å². The zero-order chi connectivity index (χ0) is 15.1. The Hall–Kier alpha value is -1.12. The molecule has 112 valence electrons. The van der Waals surface area contributed by atoms with Crippen LogP contribution in [0, 0.1) is 6.92 Å². The molecule has 0 amide bonds. The molecule has 0 spiro atoms. The maximum absolute atomic E-state index is 12.5. The summed E-state index contributed by atoms with van der Waals surface area (Å²) in [4.78, 5) is 0.0989. The smallest absolute Gasteiger partial charge is 0.243 e. The molecule has 6 nitrogen and oxygen atoms in total. The average molecular weight is 318 g/mol. The molecule has 20 heavy (non-hydrogen) atoms. The number of aryl methyl sites for hydroxylation is 1. The zero-order valence-electron chi connectivity index (χ0n) is 11.4. The van der Waals surface area contributed by atoms with Gasteiger partial charge in [-0.05, 0) is 37.1 Å². The molecule has 1 unspecified atom stereocenters. The minimum absolute atomic E-state index is 0.0352. The molecule has 0 aromatic heterocycles. The maximum atomic E-state index is 12.5. The summed E-state index contributed by atoms with van der Waals surface area (Å²) in [5.74, 6) is -0.0858. The number of sulfone groups is 1. The summed E-state index contributed by atoms with van der Waals surface area (Å²) in [6, 6.07) is 4.10. The van der Waals surface area contributed by atoms with E-state index in [0.717, 1.165) is 9.87 Å². The van der Waals surface area contributed by atoms with Gasteiger partial charge in [-0.15, -0.1) is 0 Å². The van der Waals surface area contributed by atoms with Gasteiger partial charge >= 0.3 is 0 Å². The van der Waals surface area contributed by atoms with Crippen LogP contribution in [0.1, 0.15) is 12.0 Å². The second kappa shape index (κ2) is 5.01. The number of sulfonamides is 1. The van der Waals surface area contributed by atoms with Crippen LogP contribution in [0.25, 0.3) is 0 Å². The first-order chi connectivity index (χ1) is 9.12. The van der Waals surface area contributed by atoms with Crippen LogP contribution in [-0.2, 0) is 19.9 Å². The van der Waals surface area contributed by atoms with Gasteiger partial charge in [0.05, 0.1) is 16.4 Å². The largest absolute Gasteiger partial charge is 0.399 e. The molecule has 2 N–H and O–H groups in total. The van der Waals surface area contributed by atoms with Gasteiger partial charge in [-0.2, -0.15) is 4.31 Å². The SMILES string of the molecule is Cc1cc(N)cc(S(=O)(=O)N(C)C2CCS(=O)(=O)C2)c1. The summed E-state index contributed by atoms with van der Waals surface area (Å²) >= 11 is 0. The van der Waals surface area contributed by atoms with Crippen molar-refractivity contribution in [2.75, 3.05) is 24.3 Å². The van der Waals surface area contributed by atoms with Gasteiger partial charge < -0.3 is 5.73 Å². The van der Waals surface area contributed by atoms with Crippen molar-refractivity contribution in [1.82, 2.24) is 4.31 Å². The quantitative estimate of drug-likeness (QED) is 0.813. The highest BCUT2D eigenvalue weighted by molar-refractivity contribution is 7.92. The van der Waals surface area contributed by atoms with Crippen LogP contribution in [0.4, 0.5) is 5.69 Å². The van der Waals surface area contributed by atoms with E-state index in [1.807, 2.05) is 0 Å². The Balaban J connectivity index is 2.35. The summed E-state index contributed by atoms with van der Waals surface area (Å²) < 4.78 is 49.1. The van der Waals surface area contributed by atoms with E-state index in [9.17, 15) is 16.8 Å². The number of nitrogens with two attached hydrogens (primary N) is 1. The van der Waals surface area contributed by atoms with Crippen molar-refractivity contribution in [3.05, 3.63) is 23.8 Å². The number of hydrogen-bond acceptors (Lipinski definition) is 5. The van der Waals surface area contributed by atoms with Crippen LogP contribution < -0.4 is 5.73 Å². The van der Waals surface area contributed by atoms with E-state index in [2.05, 4.69) is 0 Å². The topological polar surface area (TPSA) is 97.5 Å². The van der Waals surface area contributed by atoms with Crippen molar-refractivity contribution in [1.29, 1.82) is 0 Å². The summed E-state index contributed by atoms with van der Waals surface area (Å²) in [6.07, 6.45) is 0.333. The lowest BCUT2D eigenvalue weighted by Crippen LogP contribution is -2.37. The van der Waals surface area contributed by atoms with Crippen molar-refractivity contribution in [3.8, 4) is 0 Å². The molecule has 0 bridgehead atoms. The van der Waals surface area contributed by atoms with E-state index in [-0.39, 0.29) is 16.4 Å². The zero-order valence-corrected chi connectivity index (χ0v) is 13.0. The molecule has 1 atom stereocenters. The Morgan fingerprint density at radius 2 is 1.95 bits per heavy atom. The van der Waals surface area contributed by atoms with Crippen LogP contribution in [0.2, 0.25) is 0 Å². The minimum atomic E-state index is -3.73. The van der Waals surface area contributed by atoms with E-state index in [1.165, 1.54) is 19.2 Å². The number of anilines is 1. The van der Waals surface area contributed by atoms with Gasteiger partial charge in [0.25, 0.3) is 0 Å². The molecule has 2 rings (SSSR count). The van der Waals surface area contributed by atoms with Gasteiger partial charge in [-0.1, -0.05) is 0 Å². The van der Waals surface area contributed by atoms with Crippen LogP contribution in [0.3, 0.4) is 0 Å². The van der Waals surface area contributed by atoms with Gasteiger partial charge in [0.2, 0.25) is 10.0 Å². The third-order valence-corrected chi connectivity index (χ3v) is 7.11. The van der Waals surface area contributed by atoms with Crippen molar-refractivity contribution in [2.24, 2.45) is 0 Å². The van der Waals surface area contributed by atoms with E-state index in [1.54, 1.807) is 13.0 Å². The maximum Gasteiger partial charge on any atom is 0.243 e. The molecule has 1 aliphatic rings. The predicted molar refractivity (Wildman–Crippen MR) is 77.6 cm³/mol. The first kappa shape index (κ1) is 15.3. The second-order valence-electron chi connectivity index (χ2n) is 5.16. The fourth-order valence-electron chi connectivity index (χ4n) is 2.35. The Kier molecular flexibility index (Phi) is 3.83. The van der Waals surface area contributed by atoms with Crippen molar-refractivity contribution >= 4 is 25.5 Å². The number of nitrogens with zero attached hydrogens (tertiary/aromatic N) is 1. The van der Waals surface area contributed by atoms with Crippen molar-refractivity contribution < 1.29 is 16.8 Å². The third kappa shape index (κ3) is 2.97. The summed E-state index contributed by atoms with van der Waals surface area (Å²) in [5, 5.41) is 0. The predicted octanol–water partition coefficient (Wildman–Crippen LogP) is 0.385. The molecule has 1 aliphatic heterocycles. The van der Waals surface area contributed by atoms with Gasteiger partial charge in [0, 0.05) is 18.8 Å². The van der Waals surface area contributed by atoms with Crippen LogP contribution in [-0.4, -0.2) is 45.7 Å². The number of rotatable bonds is 3. The van der Waals surface area contributed by atoms with Gasteiger partial charge in [0.1, 0.15) is 0 Å². The lowest BCUT2D eigenvalue weighted by Gasteiger charge is -2.23. The Bertz CT molecular complexity index is 706. The minimum Gasteiger partial charge on any atom is -0.399 e. The molecule has 1 saturated heterocycles. The van der Waals surface area contributed by atoms with Gasteiger partial charge in [0.15, 0.2) is 9.84 Å². The fourth-order valence-corrected chi connectivity index (χ4v) is 5.74. The molecule has 1 fully saturated rings. The molecule has 0 aliphatic carbocycles. The average Bonchev–Trinajstić information content (AvgIpc) is 2.67. The summed E-state index contributed by atoms with van der Waals surface area (Å²) in [5.41, 5.74) is 6.79. The number of hydrogen-bond donors (Lipinski definition) is 1. The van der Waals surface area contributed by atoms with E-state index >= 15 is 0 Å². The standard InChI is InChI=1S/C12H18N2O4S2/c1-9-5-10(13)7-12(6-9)20(17,18)14(2)11-3-4-19(15,16)8-11/h5-7,11H,3-4,8,13H2,1-2H3. The van der Waals surface area contributed by atoms with Crippen LogP contribution in [0.5, 0.6) is 0 Å². The van der Waals surface area contributed by atoms with Crippen molar-refractivity contribution in [2.45, 2.75) is 24.3 Å². The normalized spacial score (nSPS) is 22.2. The van der Waals surface area contributed by atoms with E-state index < -0.39 is 25.9 Å². The molecular weight excluding hydrogens is 300 g/mol.